The van der Waals surface area contributed by atoms with E-state index in [0.717, 1.165) is 17.1 Å². The molecular formula is C17H20N6O2. The highest BCUT2D eigenvalue weighted by Crippen LogP contribution is 2.22. The summed E-state index contributed by atoms with van der Waals surface area (Å²) in [4.78, 5) is 33.8. The molecular weight excluding hydrogens is 320 g/mol. The molecule has 0 saturated carbocycles. The van der Waals surface area contributed by atoms with E-state index >= 15 is 0 Å². The van der Waals surface area contributed by atoms with Gasteiger partial charge in [-0.05, 0) is 23.8 Å². The number of anilines is 1. The molecule has 1 aliphatic heterocycles. The molecule has 3 heterocycles. The highest BCUT2D eigenvalue weighted by Gasteiger charge is 2.28. The van der Waals surface area contributed by atoms with Crippen molar-refractivity contribution in [1.82, 2.24) is 25.5 Å². The number of pyridine rings is 2. The lowest BCUT2D eigenvalue weighted by Gasteiger charge is -2.15. The Morgan fingerprint density at radius 2 is 2.20 bits per heavy atom. The van der Waals surface area contributed by atoms with Crippen LogP contribution >= 0.6 is 0 Å². The van der Waals surface area contributed by atoms with E-state index in [4.69, 9.17) is 0 Å². The summed E-state index contributed by atoms with van der Waals surface area (Å²) in [6, 6.07) is 7.21. The highest BCUT2D eigenvalue weighted by molar-refractivity contribution is 5.98. The fourth-order valence-corrected chi connectivity index (χ4v) is 2.61. The summed E-state index contributed by atoms with van der Waals surface area (Å²) >= 11 is 0. The molecule has 3 N–H and O–H groups in total. The molecule has 25 heavy (non-hydrogen) atoms. The van der Waals surface area contributed by atoms with Crippen molar-refractivity contribution >= 4 is 17.8 Å². The lowest BCUT2D eigenvalue weighted by Crippen LogP contribution is -2.39. The van der Waals surface area contributed by atoms with Crippen LogP contribution in [-0.2, 0) is 13.1 Å². The van der Waals surface area contributed by atoms with Crippen LogP contribution in [0.15, 0.2) is 36.7 Å². The van der Waals surface area contributed by atoms with E-state index in [-0.39, 0.29) is 11.9 Å². The lowest BCUT2D eigenvalue weighted by molar-refractivity contribution is 0.0780. The monoisotopic (exact) mass is 340 g/mol. The number of carbonyl (C=O) groups is 2. The number of urea groups is 1. The van der Waals surface area contributed by atoms with Gasteiger partial charge in [0.15, 0.2) is 0 Å². The fourth-order valence-electron chi connectivity index (χ4n) is 2.61. The summed E-state index contributed by atoms with van der Waals surface area (Å²) < 4.78 is 0. The normalized spacial score (nSPS) is 12.7. The molecule has 0 unspecified atom stereocenters. The van der Waals surface area contributed by atoms with Crippen molar-refractivity contribution in [3.63, 3.8) is 0 Å². The van der Waals surface area contributed by atoms with E-state index in [1.54, 1.807) is 36.5 Å². The molecule has 2 aromatic heterocycles. The van der Waals surface area contributed by atoms with Crippen LogP contribution in [0.25, 0.3) is 0 Å². The average molecular weight is 340 g/mol. The van der Waals surface area contributed by atoms with E-state index in [1.807, 2.05) is 12.1 Å². The zero-order valence-corrected chi connectivity index (χ0v) is 14.0. The standard InChI is InChI=1S/C17H20N6O2/c1-18-17(25)20-7-8-23-11-14-13(16(23)24)4-5-15(22-14)21-10-12-3-2-6-19-9-12/h2-6,9H,7-8,10-11H2,1H3,(H,21,22)(H2,18,20,25). The second-order valence-electron chi connectivity index (χ2n) is 5.64. The predicted molar refractivity (Wildman–Crippen MR) is 93.0 cm³/mol. The van der Waals surface area contributed by atoms with Gasteiger partial charge in [0.25, 0.3) is 5.91 Å². The Kier molecular flexibility index (Phi) is 5.08. The number of nitrogens with one attached hydrogen (secondary N) is 3. The van der Waals surface area contributed by atoms with E-state index in [0.29, 0.717) is 31.7 Å². The summed E-state index contributed by atoms with van der Waals surface area (Å²) in [5.74, 6) is 0.667. The van der Waals surface area contributed by atoms with Gasteiger partial charge in [0.05, 0.1) is 17.8 Å². The fraction of sp³-hybridized carbons (Fsp3) is 0.294. The van der Waals surface area contributed by atoms with Gasteiger partial charge < -0.3 is 20.9 Å². The molecule has 8 nitrogen and oxygen atoms in total. The van der Waals surface area contributed by atoms with Crippen molar-refractivity contribution in [3.05, 3.63) is 53.5 Å². The number of hydrogen-bond acceptors (Lipinski definition) is 5. The van der Waals surface area contributed by atoms with Gasteiger partial charge in [0, 0.05) is 39.1 Å². The first-order chi connectivity index (χ1) is 12.2. The third-order valence-corrected chi connectivity index (χ3v) is 3.92. The number of carbonyl (C=O) groups excluding carboxylic acids is 2. The van der Waals surface area contributed by atoms with Crippen LogP contribution in [0.1, 0.15) is 21.6 Å². The van der Waals surface area contributed by atoms with Crippen molar-refractivity contribution in [2.75, 3.05) is 25.5 Å². The summed E-state index contributed by atoms with van der Waals surface area (Å²) in [5, 5.41) is 8.39. The highest BCUT2D eigenvalue weighted by atomic mass is 16.2. The second-order valence-corrected chi connectivity index (χ2v) is 5.64. The first-order valence-electron chi connectivity index (χ1n) is 8.05. The first kappa shape index (κ1) is 16.7. The minimum Gasteiger partial charge on any atom is -0.366 e. The Hall–Kier alpha value is -3.16. The van der Waals surface area contributed by atoms with E-state index < -0.39 is 0 Å². The van der Waals surface area contributed by atoms with Gasteiger partial charge in [-0.1, -0.05) is 6.07 Å². The number of aromatic nitrogens is 2. The Labute approximate surface area is 145 Å². The van der Waals surface area contributed by atoms with Gasteiger partial charge in [0.2, 0.25) is 0 Å². The molecule has 0 saturated heterocycles. The smallest absolute Gasteiger partial charge is 0.314 e. The average Bonchev–Trinajstić information content (AvgIpc) is 2.96. The van der Waals surface area contributed by atoms with E-state index in [1.165, 1.54) is 0 Å². The van der Waals surface area contributed by atoms with Gasteiger partial charge in [-0.3, -0.25) is 9.78 Å². The van der Waals surface area contributed by atoms with Crippen molar-refractivity contribution < 1.29 is 9.59 Å². The van der Waals surface area contributed by atoms with Crippen molar-refractivity contribution in [2.24, 2.45) is 0 Å². The topological polar surface area (TPSA) is 99.2 Å². The van der Waals surface area contributed by atoms with Crippen LogP contribution in [0.2, 0.25) is 0 Å². The molecule has 2 aromatic rings. The minimum atomic E-state index is -0.260. The zero-order chi connectivity index (χ0) is 17.6. The Bertz CT molecular complexity index is 765. The predicted octanol–water partition coefficient (Wildman–Crippen LogP) is 0.974. The number of amides is 3. The van der Waals surface area contributed by atoms with E-state index in [2.05, 4.69) is 25.9 Å². The molecule has 0 aromatic carbocycles. The molecule has 0 atom stereocenters. The number of nitrogens with zero attached hydrogens (tertiary/aromatic N) is 3. The van der Waals surface area contributed by atoms with Crippen LogP contribution in [-0.4, -0.2) is 46.9 Å². The van der Waals surface area contributed by atoms with E-state index in [9.17, 15) is 9.59 Å². The third kappa shape index (κ3) is 4.03. The first-order valence-corrected chi connectivity index (χ1v) is 8.05. The van der Waals surface area contributed by atoms with Crippen molar-refractivity contribution in [2.45, 2.75) is 13.1 Å². The van der Waals surface area contributed by atoms with Crippen LogP contribution in [0, 0.1) is 0 Å². The van der Waals surface area contributed by atoms with Crippen molar-refractivity contribution in [1.29, 1.82) is 0 Å². The molecule has 130 valence electrons. The molecule has 3 amide bonds. The Morgan fingerprint density at radius 3 is 2.96 bits per heavy atom. The van der Waals surface area contributed by atoms with Crippen LogP contribution in [0.5, 0.6) is 0 Å². The Morgan fingerprint density at radius 1 is 1.32 bits per heavy atom. The van der Waals surface area contributed by atoms with Crippen LogP contribution < -0.4 is 16.0 Å². The van der Waals surface area contributed by atoms with Gasteiger partial charge in [-0.15, -0.1) is 0 Å². The summed E-state index contributed by atoms with van der Waals surface area (Å²) in [7, 11) is 1.55. The van der Waals surface area contributed by atoms with Crippen LogP contribution in [0.4, 0.5) is 10.6 Å². The van der Waals surface area contributed by atoms with Crippen LogP contribution in [0.3, 0.4) is 0 Å². The largest absolute Gasteiger partial charge is 0.366 e. The molecule has 8 heteroatoms. The molecule has 0 aliphatic carbocycles. The molecule has 3 rings (SSSR count). The minimum absolute atomic E-state index is 0.0555. The lowest BCUT2D eigenvalue weighted by atomic mass is 10.2. The maximum absolute atomic E-state index is 12.4. The number of fused-ring (bicyclic) bond motifs is 1. The number of hydrogen-bond donors (Lipinski definition) is 3. The van der Waals surface area contributed by atoms with Crippen molar-refractivity contribution in [3.8, 4) is 0 Å². The maximum atomic E-state index is 12.4. The molecule has 0 bridgehead atoms. The SMILES string of the molecule is CNC(=O)NCCN1Cc2nc(NCc3cccnc3)ccc2C1=O. The Balaban J connectivity index is 1.58. The molecule has 1 aliphatic rings. The molecule has 0 fully saturated rings. The maximum Gasteiger partial charge on any atom is 0.314 e. The summed E-state index contributed by atoms with van der Waals surface area (Å²) in [5.41, 5.74) is 2.43. The van der Waals surface area contributed by atoms with Gasteiger partial charge in [0.1, 0.15) is 5.82 Å². The van der Waals surface area contributed by atoms with Gasteiger partial charge in [-0.25, -0.2) is 9.78 Å². The molecule has 0 spiro atoms. The molecule has 0 radical (unpaired) electrons. The summed E-state index contributed by atoms with van der Waals surface area (Å²) in [6.45, 7) is 1.91. The van der Waals surface area contributed by atoms with Gasteiger partial charge in [-0.2, -0.15) is 0 Å². The number of rotatable bonds is 6. The van der Waals surface area contributed by atoms with Gasteiger partial charge >= 0.3 is 6.03 Å². The quantitative estimate of drug-likeness (QED) is 0.728. The third-order valence-electron chi connectivity index (χ3n) is 3.92. The zero-order valence-electron chi connectivity index (χ0n) is 14.0. The second kappa shape index (κ2) is 7.61. The summed E-state index contributed by atoms with van der Waals surface area (Å²) in [6.07, 6.45) is 3.53.